The van der Waals surface area contributed by atoms with Crippen LogP contribution in [0.3, 0.4) is 0 Å². The highest BCUT2D eigenvalue weighted by Crippen LogP contribution is 2.22. The fourth-order valence-electron chi connectivity index (χ4n) is 3.94. The van der Waals surface area contributed by atoms with Crippen LogP contribution in [0.15, 0.2) is 41.3 Å². The van der Waals surface area contributed by atoms with Crippen LogP contribution in [-0.2, 0) is 13.1 Å². The Morgan fingerprint density at radius 1 is 1.23 bits per heavy atom. The molecule has 5 heteroatoms. The summed E-state index contributed by atoms with van der Waals surface area (Å²) in [5, 5.41) is 9.48. The van der Waals surface area contributed by atoms with Gasteiger partial charge in [0.1, 0.15) is 11.8 Å². The Bertz CT molecular complexity index is 934. The van der Waals surface area contributed by atoms with Gasteiger partial charge >= 0.3 is 0 Å². The van der Waals surface area contributed by atoms with E-state index in [4.69, 9.17) is 4.74 Å². The van der Waals surface area contributed by atoms with E-state index in [1.165, 1.54) is 11.1 Å². The van der Waals surface area contributed by atoms with Gasteiger partial charge in [-0.1, -0.05) is 43.7 Å². The van der Waals surface area contributed by atoms with Gasteiger partial charge in [-0.05, 0) is 62.7 Å². The first-order valence-electron chi connectivity index (χ1n) is 11.0. The summed E-state index contributed by atoms with van der Waals surface area (Å²) in [5.41, 5.74) is 2.54. The first-order chi connectivity index (χ1) is 14.5. The molecule has 0 atom stereocenters. The Labute approximate surface area is 179 Å². The van der Waals surface area contributed by atoms with Crippen LogP contribution in [0.1, 0.15) is 49.8 Å². The van der Waals surface area contributed by atoms with E-state index in [9.17, 15) is 10.1 Å². The number of nitriles is 1. The van der Waals surface area contributed by atoms with Crippen LogP contribution in [0.25, 0.3) is 0 Å². The number of nitrogens with zero attached hydrogens (tertiary/aromatic N) is 3. The Kier molecular flexibility index (Phi) is 7.70. The molecule has 0 unspecified atom stereocenters. The minimum Gasteiger partial charge on any atom is -0.492 e. The molecule has 1 fully saturated rings. The Morgan fingerprint density at radius 2 is 2.00 bits per heavy atom. The van der Waals surface area contributed by atoms with E-state index in [0.29, 0.717) is 30.7 Å². The van der Waals surface area contributed by atoms with E-state index in [0.717, 1.165) is 38.9 Å². The molecule has 0 saturated carbocycles. The molecule has 1 aromatic heterocycles. The molecule has 30 heavy (non-hydrogen) atoms. The molecule has 2 heterocycles. The van der Waals surface area contributed by atoms with E-state index in [2.05, 4.69) is 56.0 Å². The van der Waals surface area contributed by atoms with Gasteiger partial charge in [0.05, 0.1) is 6.61 Å². The van der Waals surface area contributed by atoms with Gasteiger partial charge in [0.15, 0.2) is 5.56 Å². The highest BCUT2D eigenvalue weighted by molar-refractivity contribution is 5.40. The molecule has 3 rings (SSSR count). The molecule has 1 aromatic carbocycles. The van der Waals surface area contributed by atoms with Crippen LogP contribution in [0, 0.1) is 30.1 Å². The number of benzene rings is 1. The third kappa shape index (κ3) is 5.96. The lowest BCUT2D eigenvalue weighted by Crippen LogP contribution is -2.35. The summed E-state index contributed by atoms with van der Waals surface area (Å²) in [6.07, 6.45) is 4.80. The van der Waals surface area contributed by atoms with Gasteiger partial charge in [-0.15, -0.1) is 0 Å². The predicted molar refractivity (Wildman–Crippen MR) is 120 cm³/mol. The minimum absolute atomic E-state index is 0.123. The highest BCUT2D eigenvalue weighted by Gasteiger charge is 2.21. The largest absolute Gasteiger partial charge is 0.492 e. The lowest BCUT2D eigenvalue weighted by atomic mass is 9.97. The fraction of sp³-hybridized carbons (Fsp3) is 0.520. The lowest BCUT2D eigenvalue weighted by molar-refractivity contribution is 0.136. The van der Waals surface area contributed by atoms with Crippen molar-refractivity contribution in [2.45, 2.75) is 53.1 Å². The van der Waals surface area contributed by atoms with Crippen molar-refractivity contribution in [3.63, 3.8) is 0 Å². The lowest BCUT2D eigenvalue weighted by Gasteiger charge is -2.32. The smallest absolute Gasteiger partial charge is 0.272 e. The van der Waals surface area contributed by atoms with E-state index < -0.39 is 0 Å². The van der Waals surface area contributed by atoms with Crippen molar-refractivity contribution in [3.05, 3.63) is 63.6 Å². The molecule has 0 aliphatic carbocycles. The monoisotopic (exact) mass is 407 g/mol. The van der Waals surface area contributed by atoms with Crippen molar-refractivity contribution < 1.29 is 4.74 Å². The number of pyridine rings is 1. The van der Waals surface area contributed by atoms with Crippen LogP contribution in [0.4, 0.5) is 0 Å². The fourth-order valence-corrected chi connectivity index (χ4v) is 3.94. The summed E-state index contributed by atoms with van der Waals surface area (Å²) in [6.45, 7) is 10.6. The van der Waals surface area contributed by atoms with Crippen LogP contribution >= 0.6 is 0 Å². The SMILES string of the molecule is Cc1cccc(CN2CCC(COc3ccn(CCC(C)C)c(=O)c3C#N)CC2)c1. The molecular weight excluding hydrogens is 374 g/mol. The summed E-state index contributed by atoms with van der Waals surface area (Å²) < 4.78 is 7.56. The van der Waals surface area contributed by atoms with Crippen molar-refractivity contribution in [2.24, 2.45) is 11.8 Å². The van der Waals surface area contributed by atoms with Crippen LogP contribution in [0.2, 0.25) is 0 Å². The third-order valence-corrected chi connectivity index (χ3v) is 5.86. The second-order valence-corrected chi connectivity index (χ2v) is 8.87. The van der Waals surface area contributed by atoms with Gasteiger partial charge in [-0.2, -0.15) is 5.26 Å². The Balaban J connectivity index is 1.52. The van der Waals surface area contributed by atoms with Crippen molar-refractivity contribution >= 4 is 0 Å². The Morgan fingerprint density at radius 3 is 2.67 bits per heavy atom. The van der Waals surface area contributed by atoms with E-state index in [1.54, 1.807) is 16.8 Å². The number of hydrogen-bond acceptors (Lipinski definition) is 4. The zero-order chi connectivity index (χ0) is 21.5. The summed E-state index contributed by atoms with van der Waals surface area (Å²) in [6, 6.07) is 12.5. The number of rotatable bonds is 8. The predicted octanol–water partition coefficient (Wildman–Crippen LogP) is 4.37. The van der Waals surface area contributed by atoms with Gasteiger partial charge in [-0.25, -0.2) is 0 Å². The first-order valence-corrected chi connectivity index (χ1v) is 11.0. The van der Waals surface area contributed by atoms with Crippen molar-refractivity contribution in [2.75, 3.05) is 19.7 Å². The molecule has 1 saturated heterocycles. The molecule has 0 N–H and O–H groups in total. The van der Waals surface area contributed by atoms with Gasteiger partial charge in [0.25, 0.3) is 5.56 Å². The van der Waals surface area contributed by atoms with E-state index in [1.807, 2.05) is 0 Å². The second-order valence-electron chi connectivity index (χ2n) is 8.87. The van der Waals surface area contributed by atoms with Crippen molar-refractivity contribution in [1.29, 1.82) is 5.26 Å². The summed E-state index contributed by atoms with van der Waals surface area (Å²) in [7, 11) is 0. The maximum Gasteiger partial charge on any atom is 0.272 e. The average Bonchev–Trinajstić information content (AvgIpc) is 2.72. The molecule has 5 nitrogen and oxygen atoms in total. The summed E-state index contributed by atoms with van der Waals surface area (Å²) >= 11 is 0. The minimum atomic E-state index is -0.247. The standard InChI is InChI=1S/C25H33N3O2/c1-19(2)7-13-28-14-10-24(23(16-26)25(28)29)30-18-21-8-11-27(12-9-21)17-22-6-4-5-20(3)15-22/h4-6,10,14-15,19,21H,7-9,11-13,17-18H2,1-3H3. The van der Waals surface area contributed by atoms with E-state index >= 15 is 0 Å². The number of ether oxygens (including phenoxy) is 1. The summed E-state index contributed by atoms with van der Waals surface area (Å²) in [4.78, 5) is 15.1. The highest BCUT2D eigenvalue weighted by atomic mass is 16.5. The number of aryl methyl sites for hydroxylation is 2. The number of hydrogen-bond donors (Lipinski definition) is 0. The molecule has 0 bridgehead atoms. The summed E-state index contributed by atoms with van der Waals surface area (Å²) in [5.74, 6) is 1.38. The molecule has 0 spiro atoms. The zero-order valence-corrected chi connectivity index (χ0v) is 18.4. The normalized spacial score (nSPS) is 15.3. The molecular formula is C25H33N3O2. The van der Waals surface area contributed by atoms with Gasteiger partial charge in [0.2, 0.25) is 0 Å². The van der Waals surface area contributed by atoms with Crippen LogP contribution < -0.4 is 10.3 Å². The van der Waals surface area contributed by atoms with Crippen LogP contribution in [0.5, 0.6) is 5.75 Å². The van der Waals surface area contributed by atoms with Gasteiger partial charge in [0, 0.05) is 19.3 Å². The number of piperidine rings is 1. The first kappa shape index (κ1) is 22.1. The molecule has 2 aromatic rings. The Hall–Kier alpha value is -2.58. The molecule has 160 valence electrons. The van der Waals surface area contributed by atoms with Crippen LogP contribution in [-0.4, -0.2) is 29.2 Å². The van der Waals surface area contributed by atoms with E-state index in [-0.39, 0.29) is 11.1 Å². The van der Waals surface area contributed by atoms with Gasteiger partial charge < -0.3 is 9.30 Å². The molecule has 1 aliphatic rings. The number of likely N-dealkylation sites (tertiary alicyclic amines) is 1. The third-order valence-electron chi connectivity index (χ3n) is 5.86. The maximum absolute atomic E-state index is 12.6. The van der Waals surface area contributed by atoms with Crippen molar-refractivity contribution in [1.82, 2.24) is 9.47 Å². The number of aromatic nitrogens is 1. The average molecular weight is 408 g/mol. The second kappa shape index (κ2) is 10.4. The quantitative estimate of drug-likeness (QED) is 0.652. The topological polar surface area (TPSA) is 58.3 Å². The van der Waals surface area contributed by atoms with Gasteiger partial charge in [-0.3, -0.25) is 9.69 Å². The molecule has 0 amide bonds. The zero-order valence-electron chi connectivity index (χ0n) is 18.4. The molecule has 0 radical (unpaired) electrons. The molecule has 1 aliphatic heterocycles. The van der Waals surface area contributed by atoms with Crippen molar-refractivity contribution in [3.8, 4) is 11.8 Å². The maximum atomic E-state index is 12.6.